The molecule has 6 nitrogen and oxygen atoms in total. The fourth-order valence-electron chi connectivity index (χ4n) is 2.74. The summed E-state index contributed by atoms with van der Waals surface area (Å²) in [5.41, 5.74) is 1.96. The van der Waals surface area contributed by atoms with Crippen molar-refractivity contribution in [3.8, 4) is 28.5 Å². The molecule has 1 aromatic heterocycles. The van der Waals surface area contributed by atoms with Crippen LogP contribution in [0.4, 0.5) is 5.13 Å². The standard InChI is InChI=1S/C20H18N2O4S/c1-2-17-19(13-6-4-3-5-7-13)22-20(27-17)21-18(23)11-24-14-8-9-15-16(10-14)26-12-25-15/h3-10H,2,11-12H2,1H3,(H,21,22,23). The summed E-state index contributed by atoms with van der Waals surface area (Å²) in [5, 5.41) is 3.39. The molecule has 0 unspecified atom stereocenters. The Morgan fingerprint density at radius 3 is 2.81 bits per heavy atom. The van der Waals surface area contributed by atoms with Crippen molar-refractivity contribution in [3.63, 3.8) is 0 Å². The highest BCUT2D eigenvalue weighted by molar-refractivity contribution is 7.16. The maximum atomic E-state index is 12.2. The van der Waals surface area contributed by atoms with Crippen LogP contribution in [0.5, 0.6) is 17.2 Å². The number of carbonyl (C=O) groups is 1. The van der Waals surface area contributed by atoms with Gasteiger partial charge in [0.1, 0.15) is 5.75 Å². The molecular weight excluding hydrogens is 364 g/mol. The Kier molecular flexibility index (Phi) is 4.93. The van der Waals surface area contributed by atoms with Gasteiger partial charge in [0.2, 0.25) is 6.79 Å². The lowest BCUT2D eigenvalue weighted by Gasteiger charge is -2.06. The minimum Gasteiger partial charge on any atom is -0.484 e. The fraction of sp³-hybridized carbons (Fsp3) is 0.200. The number of carbonyl (C=O) groups excluding carboxylic acids is 1. The highest BCUT2D eigenvalue weighted by Gasteiger charge is 2.16. The van der Waals surface area contributed by atoms with Crippen LogP contribution in [0.15, 0.2) is 48.5 Å². The van der Waals surface area contributed by atoms with Crippen molar-refractivity contribution in [1.82, 2.24) is 4.98 Å². The lowest BCUT2D eigenvalue weighted by Crippen LogP contribution is -2.20. The average Bonchev–Trinajstić information content (AvgIpc) is 3.33. The highest BCUT2D eigenvalue weighted by atomic mass is 32.1. The monoisotopic (exact) mass is 382 g/mol. The third-order valence-corrected chi connectivity index (χ3v) is 5.14. The molecule has 0 bridgehead atoms. The van der Waals surface area contributed by atoms with Crippen molar-refractivity contribution in [3.05, 3.63) is 53.4 Å². The molecule has 0 saturated carbocycles. The lowest BCUT2D eigenvalue weighted by atomic mass is 10.1. The molecule has 1 aliphatic rings. The minimum absolute atomic E-state index is 0.110. The predicted molar refractivity (Wildman–Crippen MR) is 104 cm³/mol. The van der Waals surface area contributed by atoms with Crippen molar-refractivity contribution in [2.24, 2.45) is 0 Å². The number of aryl methyl sites for hydroxylation is 1. The molecule has 1 amide bonds. The van der Waals surface area contributed by atoms with Crippen molar-refractivity contribution >= 4 is 22.4 Å². The number of ether oxygens (including phenoxy) is 3. The van der Waals surface area contributed by atoms with E-state index in [0.717, 1.165) is 22.6 Å². The topological polar surface area (TPSA) is 69.7 Å². The van der Waals surface area contributed by atoms with Crippen LogP contribution in [-0.4, -0.2) is 24.3 Å². The predicted octanol–water partition coefficient (Wildman–Crippen LogP) is 4.12. The van der Waals surface area contributed by atoms with Gasteiger partial charge in [-0.05, 0) is 18.6 Å². The van der Waals surface area contributed by atoms with Gasteiger partial charge >= 0.3 is 0 Å². The quantitative estimate of drug-likeness (QED) is 0.694. The molecular formula is C20H18N2O4S. The van der Waals surface area contributed by atoms with Gasteiger partial charge in [-0.2, -0.15) is 0 Å². The normalized spacial score (nSPS) is 12.0. The second-order valence-corrected chi connectivity index (χ2v) is 6.95. The molecule has 2 heterocycles. The van der Waals surface area contributed by atoms with Gasteiger partial charge in [0.15, 0.2) is 23.2 Å². The van der Waals surface area contributed by atoms with E-state index in [0.29, 0.717) is 22.4 Å². The van der Waals surface area contributed by atoms with Crippen LogP contribution >= 0.6 is 11.3 Å². The summed E-state index contributed by atoms with van der Waals surface area (Å²) < 4.78 is 16.1. The Morgan fingerprint density at radius 1 is 1.19 bits per heavy atom. The Bertz CT molecular complexity index is 956. The fourth-order valence-corrected chi connectivity index (χ4v) is 3.68. The molecule has 4 rings (SSSR count). The van der Waals surface area contributed by atoms with Gasteiger partial charge in [-0.3, -0.25) is 10.1 Å². The zero-order chi connectivity index (χ0) is 18.6. The van der Waals surface area contributed by atoms with E-state index < -0.39 is 0 Å². The Labute approximate surface area is 160 Å². The molecule has 0 aliphatic carbocycles. The van der Waals surface area contributed by atoms with Crippen molar-refractivity contribution in [1.29, 1.82) is 0 Å². The first-order chi connectivity index (χ1) is 13.2. The summed E-state index contributed by atoms with van der Waals surface area (Å²) in [7, 11) is 0. The molecule has 2 aromatic carbocycles. The molecule has 7 heteroatoms. The van der Waals surface area contributed by atoms with E-state index in [1.165, 1.54) is 11.3 Å². The first kappa shape index (κ1) is 17.4. The Hall–Kier alpha value is -3.06. The maximum Gasteiger partial charge on any atom is 0.264 e. The first-order valence-corrected chi connectivity index (χ1v) is 9.42. The minimum atomic E-state index is -0.260. The van der Waals surface area contributed by atoms with Crippen LogP contribution in [0.25, 0.3) is 11.3 Å². The van der Waals surface area contributed by atoms with Gasteiger partial charge in [0.25, 0.3) is 5.91 Å². The second kappa shape index (κ2) is 7.67. The zero-order valence-corrected chi connectivity index (χ0v) is 15.5. The number of nitrogens with one attached hydrogen (secondary N) is 1. The number of aromatic nitrogens is 1. The molecule has 138 valence electrons. The molecule has 3 aromatic rings. The number of anilines is 1. The van der Waals surface area contributed by atoms with Crippen molar-refractivity contribution in [2.75, 3.05) is 18.7 Å². The SMILES string of the molecule is CCc1sc(NC(=O)COc2ccc3c(c2)OCO3)nc1-c1ccccc1. The summed E-state index contributed by atoms with van der Waals surface area (Å²) in [5.74, 6) is 1.58. The third kappa shape index (κ3) is 3.88. The number of thiazole rings is 1. The Morgan fingerprint density at radius 2 is 2.00 bits per heavy atom. The van der Waals surface area contributed by atoms with E-state index in [2.05, 4.69) is 17.2 Å². The summed E-state index contributed by atoms with van der Waals surface area (Å²) in [6.07, 6.45) is 0.853. The molecule has 0 spiro atoms. The van der Waals surface area contributed by atoms with Gasteiger partial charge in [0.05, 0.1) is 5.69 Å². The van der Waals surface area contributed by atoms with E-state index in [1.807, 2.05) is 30.3 Å². The molecule has 0 fully saturated rings. The van der Waals surface area contributed by atoms with Gasteiger partial charge < -0.3 is 14.2 Å². The van der Waals surface area contributed by atoms with E-state index >= 15 is 0 Å². The van der Waals surface area contributed by atoms with Gasteiger partial charge in [-0.1, -0.05) is 37.3 Å². The molecule has 1 aliphatic heterocycles. The van der Waals surface area contributed by atoms with Gasteiger partial charge in [0, 0.05) is 16.5 Å². The number of fused-ring (bicyclic) bond motifs is 1. The largest absolute Gasteiger partial charge is 0.484 e. The van der Waals surface area contributed by atoms with E-state index in [4.69, 9.17) is 14.2 Å². The third-order valence-electron chi connectivity index (χ3n) is 4.03. The second-order valence-electron chi connectivity index (χ2n) is 5.86. The molecule has 0 atom stereocenters. The number of benzene rings is 2. The zero-order valence-electron chi connectivity index (χ0n) is 14.7. The van der Waals surface area contributed by atoms with E-state index in [-0.39, 0.29) is 19.3 Å². The summed E-state index contributed by atoms with van der Waals surface area (Å²) >= 11 is 1.49. The lowest BCUT2D eigenvalue weighted by molar-refractivity contribution is -0.118. The van der Waals surface area contributed by atoms with Crippen LogP contribution in [0.1, 0.15) is 11.8 Å². The molecule has 1 N–H and O–H groups in total. The van der Waals surface area contributed by atoms with Crippen molar-refractivity contribution < 1.29 is 19.0 Å². The van der Waals surface area contributed by atoms with E-state index in [1.54, 1.807) is 18.2 Å². The molecule has 27 heavy (non-hydrogen) atoms. The number of nitrogens with zero attached hydrogens (tertiary/aromatic N) is 1. The van der Waals surface area contributed by atoms with Crippen LogP contribution < -0.4 is 19.5 Å². The number of hydrogen-bond donors (Lipinski definition) is 1. The number of amides is 1. The first-order valence-electron chi connectivity index (χ1n) is 8.60. The highest BCUT2D eigenvalue weighted by Crippen LogP contribution is 2.35. The summed E-state index contributed by atoms with van der Waals surface area (Å²) in [6, 6.07) is 15.2. The smallest absolute Gasteiger partial charge is 0.264 e. The van der Waals surface area contributed by atoms with Crippen LogP contribution in [0.2, 0.25) is 0 Å². The summed E-state index contributed by atoms with van der Waals surface area (Å²) in [6.45, 7) is 2.17. The molecule has 0 saturated heterocycles. The van der Waals surface area contributed by atoms with Crippen LogP contribution in [-0.2, 0) is 11.2 Å². The van der Waals surface area contributed by atoms with E-state index in [9.17, 15) is 4.79 Å². The van der Waals surface area contributed by atoms with Gasteiger partial charge in [-0.25, -0.2) is 4.98 Å². The van der Waals surface area contributed by atoms with Crippen LogP contribution in [0.3, 0.4) is 0 Å². The van der Waals surface area contributed by atoms with Crippen LogP contribution in [0, 0.1) is 0 Å². The average molecular weight is 382 g/mol. The van der Waals surface area contributed by atoms with Gasteiger partial charge in [-0.15, -0.1) is 11.3 Å². The number of hydrogen-bond acceptors (Lipinski definition) is 6. The Balaban J connectivity index is 1.40. The number of rotatable bonds is 6. The van der Waals surface area contributed by atoms with Crippen molar-refractivity contribution in [2.45, 2.75) is 13.3 Å². The summed E-state index contributed by atoms with van der Waals surface area (Å²) in [4.78, 5) is 18.0. The molecule has 0 radical (unpaired) electrons. The maximum absolute atomic E-state index is 12.2.